The molecule has 148 valence electrons. The largest absolute Gasteiger partial charge is 0.387 e. The first-order chi connectivity index (χ1) is 14.1. The molecule has 0 radical (unpaired) electrons. The molecule has 1 heterocycles. The van der Waals surface area contributed by atoms with Crippen LogP contribution in [0.15, 0.2) is 53.7 Å². The molecule has 29 heavy (non-hydrogen) atoms. The van der Waals surface area contributed by atoms with Crippen molar-refractivity contribution in [1.82, 2.24) is 4.57 Å². The van der Waals surface area contributed by atoms with E-state index in [9.17, 15) is 14.6 Å². The van der Waals surface area contributed by atoms with Gasteiger partial charge < -0.3 is 14.8 Å². The minimum atomic E-state index is -1.25. The van der Waals surface area contributed by atoms with E-state index in [0.717, 1.165) is 18.4 Å². The Morgan fingerprint density at radius 2 is 2.07 bits per heavy atom. The second-order valence-corrected chi connectivity index (χ2v) is 7.41. The minimum absolute atomic E-state index is 0.325. The molecule has 2 N–H and O–H groups in total. The van der Waals surface area contributed by atoms with Gasteiger partial charge in [-0.1, -0.05) is 24.6 Å². The van der Waals surface area contributed by atoms with Gasteiger partial charge in [0.05, 0.1) is 23.3 Å². The second-order valence-electron chi connectivity index (χ2n) is 7.41. The Morgan fingerprint density at radius 3 is 2.86 bits per heavy atom. The molecule has 1 saturated carbocycles. The smallest absolute Gasteiger partial charge is 0.173 e. The number of nitriles is 1. The predicted octanol–water partition coefficient (Wildman–Crippen LogP) is 4.07. The van der Waals surface area contributed by atoms with Crippen LogP contribution in [0.25, 0.3) is 10.9 Å². The number of rotatable bonds is 4. The molecule has 0 aliphatic heterocycles. The molecule has 1 fully saturated rings. The van der Waals surface area contributed by atoms with E-state index in [-0.39, 0.29) is 0 Å². The second kappa shape index (κ2) is 8.16. The van der Waals surface area contributed by atoms with Crippen molar-refractivity contribution in [2.24, 2.45) is 4.99 Å². The normalized spacial score (nSPS) is 19.4. The van der Waals surface area contributed by atoms with Crippen molar-refractivity contribution in [2.45, 2.75) is 44.6 Å². The molecule has 6 heteroatoms. The van der Waals surface area contributed by atoms with Crippen LogP contribution >= 0.6 is 0 Å². The van der Waals surface area contributed by atoms with Crippen molar-refractivity contribution in [3.05, 3.63) is 71.2 Å². The van der Waals surface area contributed by atoms with Crippen molar-refractivity contribution in [1.29, 1.82) is 5.26 Å². The van der Waals surface area contributed by atoms with Gasteiger partial charge in [-0.15, -0.1) is 0 Å². The quantitative estimate of drug-likeness (QED) is 0.703. The van der Waals surface area contributed by atoms with Gasteiger partial charge in [0, 0.05) is 29.4 Å². The van der Waals surface area contributed by atoms with Gasteiger partial charge in [0.15, 0.2) is 6.23 Å². The summed E-state index contributed by atoms with van der Waals surface area (Å²) in [5.41, 5.74) is 3.05. The van der Waals surface area contributed by atoms with Crippen LogP contribution in [-0.2, 0) is 6.54 Å². The zero-order chi connectivity index (χ0) is 20.4. The van der Waals surface area contributed by atoms with Crippen molar-refractivity contribution in [3.63, 3.8) is 0 Å². The van der Waals surface area contributed by atoms with E-state index in [2.05, 4.69) is 11.1 Å². The predicted molar refractivity (Wildman–Crippen MR) is 109 cm³/mol. The topological polar surface area (TPSA) is 81.5 Å². The number of aromatic nitrogens is 1. The third-order valence-corrected chi connectivity index (χ3v) is 5.41. The first-order valence-corrected chi connectivity index (χ1v) is 9.76. The fraction of sp³-hybridized carbons (Fsp3) is 0.304. The number of aliphatic hydroxyl groups is 2. The van der Waals surface area contributed by atoms with Crippen molar-refractivity contribution < 1.29 is 14.6 Å². The summed E-state index contributed by atoms with van der Waals surface area (Å²) < 4.78 is 16.5. The molecule has 0 spiro atoms. The molecular weight excluding hydrogens is 369 g/mol. The molecule has 4 rings (SSSR count). The Kier molecular flexibility index (Phi) is 5.43. The lowest BCUT2D eigenvalue weighted by Gasteiger charge is -2.20. The van der Waals surface area contributed by atoms with Crippen LogP contribution in [0.2, 0.25) is 0 Å². The van der Waals surface area contributed by atoms with Gasteiger partial charge in [0.2, 0.25) is 0 Å². The summed E-state index contributed by atoms with van der Waals surface area (Å²) in [4.78, 5) is 4.33. The third kappa shape index (κ3) is 3.93. The highest BCUT2D eigenvalue weighted by Crippen LogP contribution is 2.31. The zero-order valence-electron chi connectivity index (χ0n) is 15.9. The lowest BCUT2D eigenvalue weighted by Crippen LogP contribution is -2.25. The SMILES string of the molecule is N#Cc1cccc(Cn2cc(C(O)N=C3CCCC[C@@H]3O)c3c(F)cccc32)c1. The zero-order valence-corrected chi connectivity index (χ0v) is 15.9. The van der Waals surface area contributed by atoms with Gasteiger partial charge >= 0.3 is 0 Å². The lowest BCUT2D eigenvalue weighted by atomic mass is 9.95. The van der Waals surface area contributed by atoms with E-state index in [4.69, 9.17) is 5.26 Å². The average molecular weight is 391 g/mol. The van der Waals surface area contributed by atoms with E-state index in [1.807, 2.05) is 16.7 Å². The van der Waals surface area contributed by atoms with Crippen molar-refractivity contribution in [3.8, 4) is 6.07 Å². The van der Waals surface area contributed by atoms with Gasteiger partial charge in [0.1, 0.15) is 5.82 Å². The number of fused-ring (bicyclic) bond motifs is 1. The van der Waals surface area contributed by atoms with Crippen LogP contribution in [0.3, 0.4) is 0 Å². The number of benzene rings is 2. The summed E-state index contributed by atoms with van der Waals surface area (Å²) in [7, 11) is 0. The first kappa shape index (κ1) is 19.3. The van der Waals surface area contributed by atoms with Gasteiger partial charge in [0.25, 0.3) is 0 Å². The number of hydrogen-bond donors (Lipinski definition) is 2. The Labute approximate surface area is 168 Å². The standard InChI is InChI=1S/C23H22FN3O2/c24-18-7-4-9-20-22(18)17(23(29)26-19-8-1-2-10-21(19)28)14-27(20)13-16-6-3-5-15(11-16)12-25/h3-7,9,11,14,21,23,28-29H,1-2,8,10,13H2/t21-,23?/m0/s1. The van der Waals surface area contributed by atoms with Crippen LogP contribution in [0, 0.1) is 17.1 Å². The molecule has 5 nitrogen and oxygen atoms in total. The Balaban J connectivity index is 1.75. The monoisotopic (exact) mass is 391 g/mol. The minimum Gasteiger partial charge on any atom is -0.387 e. The molecule has 1 aliphatic rings. The van der Waals surface area contributed by atoms with Crippen LogP contribution in [0.4, 0.5) is 4.39 Å². The maximum Gasteiger partial charge on any atom is 0.173 e. The fourth-order valence-corrected chi connectivity index (χ4v) is 3.96. The molecule has 0 bridgehead atoms. The molecule has 0 amide bonds. The molecule has 3 aromatic rings. The van der Waals surface area contributed by atoms with Crippen LogP contribution in [0.1, 0.15) is 48.6 Å². The highest BCUT2D eigenvalue weighted by Gasteiger charge is 2.22. The lowest BCUT2D eigenvalue weighted by molar-refractivity contribution is 0.178. The molecule has 0 saturated heterocycles. The van der Waals surface area contributed by atoms with E-state index < -0.39 is 18.1 Å². The van der Waals surface area contributed by atoms with Crippen molar-refractivity contribution >= 4 is 16.6 Å². The highest BCUT2D eigenvalue weighted by molar-refractivity contribution is 5.90. The number of aliphatic hydroxyl groups excluding tert-OH is 2. The van der Waals surface area contributed by atoms with E-state index in [1.165, 1.54) is 6.07 Å². The van der Waals surface area contributed by atoms with Crippen LogP contribution < -0.4 is 0 Å². The first-order valence-electron chi connectivity index (χ1n) is 9.76. The molecule has 2 aromatic carbocycles. The third-order valence-electron chi connectivity index (χ3n) is 5.41. The summed E-state index contributed by atoms with van der Waals surface area (Å²) in [5, 5.41) is 30.3. The van der Waals surface area contributed by atoms with Gasteiger partial charge in [-0.25, -0.2) is 4.39 Å². The highest BCUT2D eigenvalue weighted by atomic mass is 19.1. The molecule has 2 atom stereocenters. The maximum atomic E-state index is 14.7. The van der Waals surface area contributed by atoms with Crippen LogP contribution in [-0.4, -0.2) is 26.6 Å². The maximum absolute atomic E-state index is 14.7. The molecule has 1 aliphatic carbocycles. The van der Waals surface area contributed by atoms with E-state index in [1.54, 1.807) is 30.5 Å². The van der Waals surface area contributed by atoms with E-state index in [0.29, 0.717) is 47.1 Å². The summed E-state index contributed by atoms with van der Waals surface area (Å²) in [6.45, 7) is 0.432. The Morgan fingerprint density at radius 1 is 1.24 bits per heavy atom. The van der Waals surface area contributed by atoms with Crippen molar-refractivity contribution in [2.75, 3.05) is 0 Å². The summed E-state index contributed by atoms with van der Waals surface area (Å²) in [6, 6.07) is 14.2. The summed E-state index contributed by atoms with van der Waals surface area (Å²) >= 11 is 0. The molecule has 1 aromatic heterocycles. The average Bonchev–Trinajstić information content (AvgIpc) is 3.10. The van der Waals surface area contributed by atoms with Gasteiger partial charge in [-0.2, -0.15) is 5.26 Å². The van der Waals surface area contributed by atoms with Gasteiger partial charge in [-0.3, -0.25) is 4.99 Å². The number of halogens is 1. The number of aliphatic imine (C=N–C) groups is 1. The van der Waals surface area contributed by atoms with E-state index >= 15 is 0 Å². The number of hydrogen-bond acceptors (Lipinski definition) is 4. The Bertz CT molecular complexity index is 1110. The number of nitrogens with zero attached hydrogens (tertiary/aromatic N) is 3. The summed E-state index contributed by atoms with van der Waals surface area (Å²) in [6.07, 6.45) is 2.95. The molecule has 1 unspecified atom stereocenters. The van der Waals surface area contributed by atoms with Gasteiger partial charge in [-0.05, 0) is 49.1 Å². The Hall–Kier alpha value is -3.01. The fourth-order valence-electron chi connectivity index (χ4n) is 3.96. The summed E-state index contributed by atoms with van der Waals surface area (Å²) in [5.74, 6) is -0.425. The molecular formula is C23H22FN3O2. The van der Waals surface area contributed by atoms with Crippen LogP contribution in [0.5, 0.6) is 0 Å².